The molecule has 0 bridgehead atoms. The Balaban J connectivity index is 1.52. The normalized spacial score (nSPS) is 21.0. The maximum atomic E-state index is 12.9. The third-order valence-corrected chi connectivity index (χ3v) is 5.82. The quantitative estimate of drug-likeness (QED) is 0.728. The molecule has 0 aromatic carbocycles. The fraction of sp³-hybridized carbons (Fsp3) is 0.650. The van der Waals surface area contributed by atoms with Gasteiger partial charge in [0.05, 0.1) is 12.1 Å². The maximum absolute atomic E-state index is 12.9. The summed E-state index contributed by atoms with van der Waals surface area (Å²) in [5.41, 5.74) is -1.62. The summed E-state index contributed by atoms with van der Waals surface area (Å²) in [4.78, 5) is 42.3. The van der Waals surface area contributed by atoms with Crippen molar-refractivity contribution in [3.8, 4) is 0 Å². The molecule has 0 aliphatic carbocycles. The predicted molar refractivity (Wildman–Crippen MR) is 104 cm³/mol. The summed E-state index contributed by atoms with van der Waals surface area (Å²) in [6.07, 6.45) is -0.728. The van der Waals surface area contributed by atoms with Crippen LogP contribution in [0.3, 0.4) is 0 Å². The van der Waals surface area contributed by atoms with Crippen LogP contribution in [0.15, 0.2) is 23.1 Å². The number of aromatic nitrogens is 1. The molecule has 2 saturated heterocycles. The molecule has 3 rings (SSSR count). The van der Waals surface area contributed by atoms with E-state index in [2.05, 4.69) is 6.92 Å². The van der Waals surface area contributed by atoms with Gasteiger partial charge in [0.25, 0.3) is 5.56 Å². The van der Waals surface area contributed by atoms with E-state index in [1.165, 1.54) is 4.90 Å². The molecule has 0 saturated carbocycles. The topological polar surface area (TPSA) is 65.9 Å². The standard InChI is InChI=1S/C20H27F3N4O3/c1-15-4-2-3-7-27(15)19(30)13-24-8-10-25(11-9-24)18(29)14-26-12-16(20(21,22)23)5-6-17(26)28/h5-6,12,15H,2-4,7-11,13-14H2,1H3. The van der Waals surface area contributed by atoms with Gasteiger partial charge in [-0.3, -0.25) is 19.3 Å². The van der Waals surface area contributed by atoms with Crippen LogP contribution in [0.1, 0.15) is 31.7 Å². The first-order chi connectivity index (χ1) is 14.1. The number of piperidine rings is 1. The van der Waals surface area contributed by atoms with Gasteiger partial charge in [0.15, 0.2) is 0 Å². The van der Waals surface area contributed by atoms with E-state index in [4.69, 9.17) is 0 Å². The van der Waals surface area contributed by atoms with E-state index in [9.17, 15) is 27.6 Å². The van der Waals surface area contributed by atoms with Crippen molar-refractivity contribution in [2.75, 3.05) is 39.3 Å². The van der Waals surface area contributed by atoms with Crippen molar-refractivity contribution in [2.24, 2.45) is 0 Å². The zero-order valence-corrected chi connectivity index (χ0v) is 17.0. The maximum Gasteiger partial charge on any atom is 0.417 e. The van der Waals surface area contributed by atoms with Crippen molar-refractivity contribution >= 4 is 11.8 Å². The van der Waals surface area contributed by atoms with Crippen LogP contribution >= 0.6 is 0 Å². The van der Waals surface area contributed by atoms with Crippen molar-refractivity contribution in [3.05, 3.63) is 34.2 Å². The number of rotatable bonds is 4. The molecule has 10 heteroatoms. The summed E-state index contributed by atoms with van der Waals surface area (Å²) in [5.74, 6) is -0.315. The third kappa shape index (κ3) is 5.41. The highest BCUT2D eigenvalue weighted by Gasteiger charge is 2.32. The van der Waals surface area contributed by atoms with Crippen LogP contribution in [-0.2, 0) is 22.3 Å². The van der Waals surface area contributed by atoms with Gasteiger partial charge in [0.2, 0.25) is 11.8 Å². The van der Waals surface area contributed by atoms with Crippen LogP contribution in [-0.4, -0.2) is 76.4 Å². The Labute approximate surface area is 173 Å². The molecule has 3 heterocycles. The average Bonchev–Trinajstić information content (AvgIpc) is 2.69. The van der Waals surface area contributed by atoms with Gasteiger partial charge in [-0.2, -0.15) is 13.2 Å². The van der Waals surface area contributed by atoms with Gasteiger partial charge in [-0.15, -0.1) is 0 Å². The Morgan fingerprint density at radius 3 is 2.33 bits per heavy atom. The van der Waals surface area contributed by atoms with Crippen molar-refractivity contribution < 1.29 is 22.8 Å². The molecular weight excluding hydrogens is 401 g/mol. The van der Waals surface area contributed by atoms with E-state index in [0.29, 0.717) is 45.0 Å². The molecule has 0 N–H and O–H groups in total. The molecule has 1 aromatic heterocycles. The predicted octanol–water partition coefficient (Wildman–Crippen LogP) is 1.41. The zero-order chi connectivity index (χ0) is 21.9. The number of hydrogen-bond donors (Lipinski definition) is 0. The van der Waals surface area contributed by atoms with Gasteiger partial charge < -0.3 is 14.4 Å². The van der Waals surface area contributed by atoms with E-state index in [-0.39, 0.29) is 11.9 Å². The number of piperazine rings is 1. The Kier molecular flexibility index (Phi) is 6.84. The second-order valence-corrected chi connectivity index (χ2v) is 7.97. The van der Waals surface area contributed by atoms with E-state index >= 15 is 0 Å². The first kappa shape index (κ1) is 22.3. The molecule has 30 heavy (non-hydrogen) atoms. The van der Waals surface area contributed by atoms with Gasteiger partial charge in [0.1, 0.15) is 6.54 Å². The first-order valence-electron chi connectivity index (χ1n) is 10.2. The van der Waals surface area contributed by atoms with Crippen molar-refractivity contribution in [1.29, 1.82) is 0 Å². The lowest BCUT2D eigenvalue weighted by atomic mass is 10.0. The number of alkyl halides is 3. The van der Waals surface area contributed by atoms with Gasteiger partial charge in [0, 0.05) is 51.0 Å². The number of halogens is 3. The molecule has 1 atom stereocenters. The zero-order valence-electron chi connectivity index (χ0n) is 17.0. The summed E-state index contributed by atoms with van der Waals surface area (Å²) in [5, 5.41) is 0. The van der Waals surface area contributed by atoms with E-state index in [1.807, 2.05) is 9.80 Å². The SMILES string of the molecule is CC1CCCCN1C(=O)CN1CCN(C(=O)Cn2cc(C(F)(F)F)ccc2=O)CC1. The van der Waals surface area contributed by atoms with Crippen LogP contribution < -0.4 is 5.56 Å². The van der Waals surface area contributed by atoms with Crippen molar-refractivity contribution in [3.63, 3.8) is 0 Å². The summed E-state index contributed by atoms with van der Waals surface area (Å²) < 4.78 is 39.3. The van der Waals surface area contributed by atoms with Gasteiger partial charge in [-0.25, -0.2) is 0 Å². The minimum Gasteiger partial charge on any atom is -0.339 e. The van der Waals surface area contributed by atoms with Gasteiger partial charge in [-0.05, 0) is 32.3 Å². The molecule has 7 nitrogen and oxygen atoms in total. The molecule has 0 radical (unpaired) electrons. The summed E-state index contributed by atoms with van der Waals surface area (Å²) in [6, 6.07) is 1.78. The number of likely N-dealkylation sites (tertiary alicyclic amines) is 1. The molecule has 1 aromatic rings. The smallest absolute Gasteiger partial charge is 0.339 e. The Morgan fingerprint density at radius 1 is 1.00 bits per heavy atom. The largest absolute Gasteiger partial charge is 0.417 e. The lowest BCUT2D eigenvalue weighted by Gasteiger charge is -2.38. The van der Waals surface area contributed by atoms with E-state index < -0.39 is 29.8 Å². The number of carbonyl (C=O) groups is 2. The van der Waals surface area contributed by atoms with E-state index in [0.717, 1.165) is 36.4 Å². The van der Waals surface area contributed by atoms with Crippen LogP contribution in [0.2, 0.25) is 0 Å². The molecule has 2 fully saturated rings. The van der Waals surface area contributed by atoms with Crippen LogP contribution in [0.25, 0.3) is 0 Å². The number of hydrogen-bond acceptors (Lipinski definition) is 4. The summed E-state index contributed by atoms with van der Waals surface area (Å²) in [6.45, 7) is 4.47. The van der Waals surface area contributed by atoms with Crippen LogP contribution in [0.4, 0.5) is 13.2 Å². The number of carbonyl (C=O) groups excluding carboxylic acids is 2. The Morgan fingerprint density at radius 2 is 1.70 bits per heavy atom. The Hall–Kier alpha value is -2.36. The average molecular weight is 428 g/mol. The van der Waals surface area contributed by atoms with Gasteiger partial charge >= 0.3 is 6.18 Å². The highest BCUT2D eigenvalue weighted by atomic mass is 19.4. The highest BCUT2D eigenvalue weighted by molar-refractivity contribution is 5.79. The third-order valence-electron chi connectivity index (χ3n) is 5.82. The lowest BCUT2D eigenvalue weighted by Crippen LogP contribution is -2.53. The minimum atomic E-state index is -4.58. The van der Waals surface area contributed by atoms with Crippen molar-refractivity contribution in [2.45, 2.75) is 44.9 Å². The minimum absolute atomic E-state index is 0.0949. The molecule has 2 aliphatic rings. The fourth-order valence-electron chi connectivity index (χ4n) is 3.97. The monoisotopic (exact) mass is 428 g/mol. The first-order valence-corrected chi connectivity index (χ1v) is 10.2. The second-order valence-electron chi connectivity index (χ2n) is 7.97. The summed E-state index contributed by atoms with van der Waals surface area (Å²) >= 11 is 0. The number of amides is 2. The lowest BCUT2D eigenvalue weighted by molar-refractivity contribution is -0.140. The molecule has 2 aliphatic heterocycles. The number of nitrogens with zero attached hydrogens (tertiary/aromatic N) is 4. The van der Waals surface area contributed by atoms with Crippen molar-refractivity contribution in [1.82, 2.24) is 19.3 Å². The number of pyridine rings is 1. The Bertz CT molecular complexity index is 831. The fourth-order valence-corrected chi connectivity index (χ4v) is 3.97. The molecule has 1 unspecified atom stereocenters. The molecule has 166 valence electrons. The molecule has 0 spiro atoms. The highest BCUT2D eigenvalue weighted by Crippen LogP contribution is 2.28. The van der Waals surface area contributed by atoms with Gasteiger partial charge in [-0.1, -0.05) is 0 Å². The van der Waals surface area contributed by atoms with Crippen LogP contribution in [0.5, 0.6) is 0 Å². The molecular formula is C20H27F3N4O3. The molecule has 2 amide bonds. The van der Waals surface area contributed by atoms with E-state index in [1.54, 1.807) is 0 Å². The van der Waals surface area contributed by atoms with Crippen LogP contribution in [0, 0.1) is 0 Å². The second kappa shape index (κ2) is 9.20. The summed E-state index contributed by atoms with van der Waals surface area (Å²) in [7, 11) is 0.